The molecule has 2 aliphatic heterocycles. The number of fused-ring (bicyclic) bond motifs is 1. The summed E-state index contributed by atoms with van der Waals surface area (Å²) in [7, 11) is 0. The molecule has 4 rings (SSSR count). The summed E-state index contributed by atoms with van der Waals surface area (Å²) in [4.78, 5) is 7.37. The number of hydrogen-bond donors (Lipinski definition) is 1. The summed E-state index contributed by atoms with van der Waals surface area (Å²) in [6.07, 6.45) is -1.90. The highest BCUT2D eigenvalue weighted by Gasteiger charge is 2.47. The Morgan fingerprint density at radius 3 is 2.53 bits per heavy atom. The highest BCUT2D eigenvalue weighted by Crippen LogP contribution is 2.35. The largest absolute Gasteiger partial charge is 0.434 e. The molecule has 0 spiro atoms. The minimum absolute atomic E-state index is 0.0348. The molecule has 2 saturated heterocycles. The highest BCUT2D eigenvalue weighted by molar-refractivity contribution is 7.94. The molecule has 7 nitrogen and oxygen atoms in total. The number of benzene rings is 1. The molecule has 2 N–H and O–H groups in total. The molecule has 3 atom stereocenters. The van der Waals surface area contributed by atoms with E-state index in [-0.39, 0.29) is 24.1 Å². The molecule has 0 radical (unpaired) electrons. The number of rotatable bonds is 4. The van der Waals surface area contributed by atoms with E-state index < -0.39 is 17.7 Å². The molecule has 0 saturated carbocycles. The van der Waals surface area contributed by atoms with E-state index in [1.54, 1.807) is 0 Å². The van der Waals surface area contributed by atoms with Crippen LogP contribution in [0.25, 0.3) is 0 Å². The molecule has 176 valence electrons. The first-order chi connectivity index (χ1) is 15.0. The predicted molar refractivity (Wildman–Crippen MR) is 113 cm³/mol. The molecule has 1 aromatic carbocycles. The fourth-order valence-electron chi connectivity index (χ4n) is 3.26. The van der Waals surface area contributed by atoms with Gasteiger partial charge in [0.2, 0.25) is 0 Å². The van der Waals surface area contributed by atoms with Gasteiger partial charge in [0.15, 0.2) is 11.5 Å². The normalized spacial score (nSPS) is 24.4. The van der Waals surface area contributed by atoms with Crippen LogP contribution in [0.2, 0.25) is 0 Å². The lowest BCUT2D eigenvalue weighted by atomic mass is 10.0. The van der Waals surface area contributed by atoms with Crippen molar-refractivity contribution in [2.75, 3.05) is 18.9 Å². The van der Waals surface area contributed by atoms with E-state index >= 15 is 0 Å². The number of halogens is 3. The second-order valence-electron chi connectivity index (χ2n) is 7.84. The lowest BCUT2D eigenvalue weighted by Gasteiger charge is -2.30. The van der Waals surface area contributed by atoms with Gasteiger partial charge in [0, 0.05) is 23.5 Å². The van der Waals surface area contributed by atoms with Crippen molar-refractivity contribution in [3.63, 3.8) is 0 Å². The second kappa shape index (κ2) is 10.3. The summed E-state index contributed by atoms with van der Waals surface area (Å²) in [6.45, 7) is 7.17. The monoisotopic (exact) mass is 473 g/mol. The van der Waals surface area contributed by atoms with E-state index in [1.165, 1.54) is 17.6 Å². The number of anilines is 1. The first-order valence-corrected chi connectivity index (χ1v) is 10.8. The van der Waals surface area contributed by atoms with Crippen LogP contribution in [0, 0.1) is 6.92 Å². The van der Waals surface area contributed by atoms with Crippen molar-refractivity contribution < 1.29 is 31.6 Å². The molecule has 2 aliphatic rings. The van der Waals surface area contributed by atoms with E-state index in [0.29, 0.717) is 19.4 Å². The number of ether oxygens (including phenoxy) is 3. The van der Waals surface area contributed by atoms with Crippen molar-refractivity contribution in [3.05, 3.63) is 47.9 Å². The lowest BCUT2D eigenvalue weighted by molar-refractivity contribution is -0.156. The fraction of sp³-hybridized carbons (Fsp3) is 0.524. The summed E-state index contributed by atoms with van der Waals surface area (Å²) < 4.78 is 58.8. The lowest BCUT2D eigenvalue weighted by Crippen LogP contribution is -2.44. The number of aryl methyl sites for hydroxylation is 1. The van der Waals surface area contributed by atoms with Crippen molar-refractivity contribution in [3.8, 4) is 0 Å². The Bertz CT molecular complexity index is 883. The molecule has 2 fully saturated rings. The SMILES string of the molecule is Cc1ccc(SOCC2OCCC3OC(C)(C)OC23)cc1.Nc1cncc(C(F)(F)F)n1. The Kier molecular flexibility index (Phi) is 7.99. The second-order valence-corrected chi connectivity index (χ2v) is 8.72. The zero-order valence-corrected chi connectivity index (χ0v) is 18.8. The first-order valence-electron chi connectivity index (χ1n) is 10.0. The summed E-state index contributed by atoms with van der Waals surface area (Å²) in [5.41, 5.74) is 5.16. The van der Waals surface area contributed by atoms with Gasteiger partial charge in [0.1, 0.15) is 18.0 Å². The van der Waals surface area contributed by atoms with Gasteiger partial charge in [-0.05, 0) is 39.3 Å². The zero-order valence-electron chi connectivity index (χ0n) is 18.0. The van der Waals surface area contributed by atoms with Crippen LogP contribution in [0.5, 0.6) is 0 Å². The number of hydrogen-bond acceptors (Lipinski definition) is 8. The van der Waals surface area contributed by atoms with E-state index in [9.17, 15) is 13.2 Å². The Morgan fingerprint density at radius 1 is 1.19 bits per heavy atom. The zero-order chi connectivity index (χ0) is 23.4. The molecule has 0 amide bonds. The third kappa shape index (κ3) is 7.04. The van der Waals surface area contributed by atoms with Crippen molar-refractivity contribution in [2.45, 2.75) is 62.4 Å². The number of alkyl halides is 3. The summed E-state index contributed by atoms with van der Waals surface area (Å²) >= 11 is 1.38. The van der Waals surface area contributed by atoms with Crippen LogP contribution < -0.4 is 5.73 Å². The van der Waals surface area contributed by atoms with Gasteiger partial charge in [-0.25, -0.2) is 4.98 Å². The maximum absolute atomic E-state index is 11.8. The van der Waals surface area contributed by atoms with Crippen LogP contribution in [-0.4, -0.2) is 47.3 Å². The van der Waals surface area contributed by atoms with Gasteiger partial charge in [0.05, 0.1) is 25.1 Å². The number of aromatic nitrogens is 2. The summed E-state index contributed by atoms with van der Waals surface area (Å²) in [5.74, 6) is -0.759. The van der Waals surface area contributed by atoms with Crippen molar-refractivity contribution >= 4 is 17.9 Å². The molecule has 3 heterocycles. The van der Waals surface area contributed by atoms with Gasteiger partial charge in [-0.1, -0.05) is 17.7 Å². The number of nitrogen functional groups attached to an aromatic ring is 1. The fourth-order valence-corrected chi connectivity index (χ4v) is 3.84. The van der Waals surface area contributed by atoms with Crippen molar-refractivity contribution in [1.82, 2.24) is 9.97 Å². The van der Waals surface area contributed by atoms with Gasteiger partial charge in [-0.2, -0.15) is 13.2 Å². The Balaban J connectivity index is 0.000000222. The third-order valence-corrected chi connectivity index (χ3v) is 5.39. The van der Waals surface area contributed by atoms with E-state index in [0.717, 1.165) is 17.5 Å². The number of nitrogens with two attached hydrogens (primary N) is 1. The van der Waals surface area contributed by atoms with Crippen LogP contribution in [0.15, 0.2) is 41.6 Å². The number of nitrogens with zero attached hydrogens (tertiary/aromatic N) is 2. The molecular formula is C21H26F3N3O4S. The van der Waals surface area contributed by atoms with E-state index in [4.69, 9.17) is 24.1 Å². The molecule has 32 heavy (non-hydrogen) atoms. The summed E-state index contributed by atoms with van der Waals surface area (Å²) in [5, 5.41) is 0. The van der Waals surface area contributed by atoms with Crippen molar-refractivity contribution in [1.29, 1.82) is 0 Å². The molecule has 0 bridgehead atoms. The smallest absolute Gasteiger partial charge is 0.382 e. The van der Waals surface area contributed by atoms with Crippen molar-refractivity contribution in [2.24, 2.45) is 0 Å². The molecule has 3 unspecified atom stereocenters. The maximum atomic E-state index is 11.8. The average Bonchev–Trinajstić information content (AvgIpc) is 3.04. The van der Waals surface area contributed by atoms with Gasteiger partial charge >= 0.3 is 6.18 Å². The minimum Gasteiger partial charge on any atom is -0.382 e. The van der Waals surface area contributed by atoms with E-state index in [2.05, 4.69) is 41.2 Å². The molecular weight excluding hydrogens is 447 g/mol. The van der Waals surface area contributed by atoms with Gasteiger partial charge < -0.3 is 24.1 Å². The first kappa shape index (κ1) is 24.7. The van der Waals surface area contributed by atoms with Gasteiger partial charge in [-0.3, -0.25) is 4.98 Å². The van der Waals surface area contributed by atoms with Gasteiger partial charge in [0.25, 0.3) is 0 Å². The summed E-state index contributed by atoms with van der Waals surface area (Å²) in [6, 6.07) is 8.27. The molecule has 0 aliphatic carbocycles. The van der Waals surface area contributed by atoms with E-state index in [1.807, 2.05) is 13.8 Å². The molecule has 11 heteroatoms. The minimum atomic E-state index is -4.47. The predicted octanol–water partition coefficient (Wildman–Crippen LogP) is 4.41. The average molecular weight is 474 g/mol. The van der Waals surface area contributed by atoms with Gasteiger partial charge in [-0.15, -0.1) is 0 Å². The highest BCUT2D eigenvalue weighted by atomic mass is 32.2. The van der Waals surface area contributed by atoms with Crippen LogP contribution >= 0.6 is 12.0 Å². The molecule has 2 aromatic rings. The topological polar surface area (TPSA) is 88.7 Å². The van der Waals surface area contributed by atoms with Crippen LogP contribution in [0.4, 0.5) is 19.0 Å². The third-order valence-electron chi connectivity index (χ3n) is 4.67. The van der Waals surface area contributed by atoms with Crippen LogP contribution in [-0.2, 0) is 24.6 Å². The Labute approximate surface area is 189 Å². The maximum Gasteiger partial charge on any atom is 0.434 e. The van der Waals surface area contributed by atoms with Crippen LogP contribution in [0.1, 0.15) is 31.5 Å². The Hall–Kier alpha value is -1.92. The Morgan fingerprint density at radius 2 is 1.91 bits per heavy atom. The standard InChI is InChI=1S/C16H22O4S.C5H4F3N3/c1-11-4-6-12(7-5-11)21-18-10-14-15-13(8-9-17-14)19-16(2,3)20-15;6-5(7,8)3-1-10-2-4(9)11-3/h4-7,13-15H,8-10H2,1-3H3;1-2H,(H2,9,11). The quantitative estimate of drug-likeness (QED) is 0.654. The molecule has 1 aromatic heterocycles. The van der Waals surface area contributed by atoms with Crippen LogP contribution in [0.3, 0.4) is 0 Å².